The van der Waals surface area contributed by atoms with Crippen LogP contribution in [0.3, 0.4) is 0 Å². The molecule has 0 unspecified atom stereocenters. The van der Waals surface area contributed by atoms with E-state index >= 15 is 0 Å². The Labute approximate surface area is 140 Å². The molecular weight excluding hydrogens is 368 g/mol. The van der Waals surface area contributed by atoms with Crippen molar-refractivity contribution < 1.29 is 4.92 Å². The molecule has 0 radical (unpaired) electrons. The summed E-state index contributed by atoms with van der Waals surface area (Å²) < 4.78 is 1.16. The maximum atomic E-state index is 10.6. The largest absolute Gasteiger partial charge is 0.354 e. The van der Waals surface area contributed by atoms with Crippen LogP contribution >= 0.6 is 27.3 Å². The van der Waals surface area contributed by atoms with Crippen LogP contribution in [0.15, 0.2) is 34.2 Å². The fourth-order valence-electron chi connectivity index (χ4n) is 2.47. The zero-order chi connectivity index (χ0) is 15.5. The molecule has 1 aliphatic rings. The molecule has 1 aliphatic heterocycles. The highest BCUT2D eigenvalue weighted by molar-refractivity contribution is 9.11. The first-order valence-corrected chi connectivity index (χ1v) is 8.55. The van der Waals surface area contributed by atoms with E-state index in [1.54, 1.807) is 17.4 Å². The molecule has 116 valence electrons. The molecule has 0 saturated carbocycles. The number of anilines is 1. The third-order valence-corrected chi connectivity index (χ3v) is 5.26. The van der Waals surface area contributed by atoms with Crippen molar-refractivity contribution >= 4 is 38.8 Å². The van der Waals surface area contributed by atoms with Crippen LogP contribution in [0.2, 0.25) is 0 Å². The fraction of sp³-hybridized carbons (Fsp3) is 0.357. The van der Waals surface area contributed by atoms with Gasteiger partial charge in [0, 0.05) is 43.7 Å². The van der Waals surface area contributed by atoms with Crippen molar-refractivity contribution in [2.75, 3.05) is 31.1 Å². The summed E-state index contributed by atoms with van der Waals surface area (Å²) in [6.45, 7) is 4.68. The van der Waals surface area contributed by atoms with E-state index in [4.69, 9.17) is 0 Å². The van der Waals surface area contributed by atoms with Crippen molar-refractivity contribution in [2.24, 2.45) is 0 Å². The fourth-order valence-corrected chi connectivity index (χ4v) is 3.99. The Hall–Kier alpha value is -1.51. The standard InChI is InChI=1S/C14H15BrN4O2S/c15-13-3-2-12(22-13)10-17-5-7-18(8-6-17)14-4-1-11(9-16-14)19(20)21/h1-4,9H,5-8,10H2. The highest BCUT2D eigenvalue weighted by Gasteiger charge is 2.19. The van der Waals surface area contributed by atoms with Gasteiger partial charge < -0.3 is 4.90 Å². The Kier molecular flexibility index (Phi) is 4.70. The molecule has 0 bridgehead atoms. The van der Waals surface area contributed by atoms with Gasteiger partial charge in [-0.2, -0.15) is 0 Å². The number of hydrogen-bond donors (Lipinski definition) is 0. The predicted octanol–water partition coefficient (Wildman–Crippen LogP) is 3.14. The molecule has 0 spiro atoms. The summed E-state index contributed by atoms with van der Waals surface area (Å²) in [5.41, 5.74) is 0.0330. The lowest BCUT2D eigenvalue weighted by Gasteiger charge is -2.35. The molecule has 8 heteroatoms. The van der Waals surface area contributed by atoms with Gasteiger partial charge in [-0.15, -0.1) is 11.3 Å². The second-order valence-corrected chi connectivity index (χ2v) is 7.65. The number of nitro groups is 1. The Bertz CT molecular complexity index is 653. The lowest BCUT2D eigenvalue weighted by Crippen LogP contribution is -2.46. The van der Waals surface area contributed by atoms with Crippen LogP contribution in [-0.4, -0.2) is 41.0 Å². The van der Waals surface area contributed by atoms with Crippen LogP contribution in [0.1, 0.15) is 4.88 Å². The number of pyridine rings is 1. The zero-order valence-electron chi connectivity index (χ0n) is 11.8. The Morgan fingerprint density at radius 3 is 2.55 bits per heavy atom. The highest BCUT2D eigenvalue weighted by Crippen LogP contribution is 2.24. The number of hydrogen-bond acceptors (Lipinski definition) is 6. The third kappa shape index (κ3) is 3.63. The Balaban J connectivity index is 1.56. The number of rotatable bonds is 4. The van der Waals surface area contributed by atoms with Crippen molar-refractivity contribution in [3.8, 4) is 0 Å². The van der Waals surface area contributed by atoms with E-state index < -0.39 is 4.92 Å². The van der Waals surface area contributed by atoms with Crippen molar-refractivity contribution in [3.05, 3.63) is 49.2 Å². The van der Waals surface area contributed by atoms with Gasteiger partial charge in [0.1, 0.15) is 12.0 Å². The number of thiophene rings is 1. The molecule has 22 heavy (non-hydrogen) atoms. The van der Waals surface area contributed by atoms with Gasteiger partial charge in [-0.05, 0) is 34.1 Å². The first-order valence-electron chi connectivity index (χ1n) is 6.94. The molecule has 2 aromatic rings. The van der Waals surface area contributed by atoms with E-state index in [1.807, 2.05) is 0 Å². The molecule has 1 fully saturated rings. The van der Waals surface area contributed by atoms with E-state index in [1.165, 1.54) is 17.1 Å². The molecule has 6 nitrogen and oxygen atoms in total. The van der Waals surface area contributed by atoms with Crippen LogP contribution in [0.4, 0.5) is 11.5 Å². The van der Waals surface area contributed by atoms with Gasteiger partial charge >= 0.3 is 0 Å². The molecule has 0 amide bonds. The topological polar surface area (TPSA) is 62.5 Å². The molecule has 0 aliphatic carbocycles. The molecule has 3 heterocycles. The van der Waals surface area contributed by atoms with Gasteiger partial charge in [0.25, 0.3) is 5.69 Å². The predicted molar refractivity (Wildman–Crippen MR) is 90.4 cm³/mol. The smallest absolute Gasteiger partial charge is 0.287 e. The van der Waals surface area contributed by atoms with Crippen LogP contribution in [0.25, 0.3) is 0 Å². The molecule has 2 aromatic heterocycles. The van der Waals surface area contributed by atoms with Crippen molar-refractivity contribution in [2.45, 2.75) is 6.54 Å². The average Bonchev–Trinajstić information content (AvgIpc) is 2.93. The molecule has 0 N–H and O–H groups in total. The quantitative estimate of drug-likeness (QED) is 0.600. The Morgan fingerprint density at radius 1 is 1.23 bits per heavy atom. The first kappa shape index (κ1) is 15.4. The molecule has 1 saturated heterocycles. The summed E-state index contributed by atoms with van der Waals surface area (Å²) in [6.07, 6.45) is 1.32. The summed E-state index contributed by atoms with van der Waals surface area (Å²) in [4.78, 5) is 20.4. The minimum absolute atomic E-state index is 0.0330. The van der Waals surface area contributed by atoms with E-state index in [0.717, 1.165) is 42.3 Å². The SMILES string of the molecule is O=[N+]([O-])c1ccc(N2CCN(Cc3ccc(Br)s3)CC2)nc1. The van der Waals surface area contributed by atoms with Gasteiger partial charge in [0.15, 0.2) is 0 Å². The molecule has 3 rings (SSSR count). The number of nitrogens with zero attached hydrogens (tertiary/aromatic N) is 4. The van der Waals surface area contributed by atoms with Crippen molar-refractivity contribution in [1.29, 1.82) is 0 Å². The number of aromatic nitrogens is 1. The van der Waals surface area contributed by atoms with Crippen LogP contribution in [-0.2, 0) is 6.54 Å². The number of piperazine rings is 1. The van der Waals surface area contributed by atoms with E-state index in [2.05, 4.69) is 42.8 Å². The van der Waals surface area contributed by atoms with Crippen molar-refractivity contribution in [3.63, 3.8) is 0 Å². The second kappa shape index (κ2) is 6.72. The molecule has 0 aromatic carbocycles. The van der Waals surface area contributed by atoms with E-state index in [0.29, 0.717) is 0 Å². The molecule has 0 atom stereocenters. The summed E-state index contributed by atoms with van der Waals surface area (Å²) >= 11 is 5.26. The Morgan fingerprint density at radius 2 is 2.00 bits per heavy atom. The van der Waals surface area contributed by atoms with Crippen LogP contribution in [0, 0.1) is 10.1 Å². The summed E-state index contributed by atoms with van der Waals surface area (Å²) in [6, 6.07) is 7.47. The second-order valence-electron chi connectivity index (χ2n) is 5.10. The van der Waals surface area contributed by atoms with Crippen molar-refractivity contribution in [1.82, 2.24) is 9.88 Å². The summed E-state index contributed by atoms with van der Waals surface area (Å²) in [5, 5.41) is 10.6. The van der Waals surface area contributed by atoms with Gasteiger partial charge in [-0.25, -0.2) is 4.98 Å². The third-order valence-electron chi connectivity index (χ3n) is 3.65. The van der Waals surface area contributed by atoms with Gasteiger partial charge in [-0.1, -0.05) is 0 Å². The summed E-state index contributed by atoms with van der Waals surface area (Å²) in [5.74, 6) is 0.809. The maximum Gasteiger partial charge on any atom is 0.287 e. The maximum absolute atomic E-state index is 10.6. The van der Waals surface area contributed by atoms with Gasteiger partial charge in [0.05, 0.1) is 8.71 Å². The lowest BCUT2D eigenvalue weighted by atomic mass is 10.3. The minimum Gasteiger partial charge on any atom is -0.354 e. The normalized spacial score (nSPS) is 16.0. The van der Waals surface area contributed by atoms with E-state index in [-0.39, 0.29) is 5.69 Å². The van der Waals surface area contributed by atoms with E-state index in [9.17, 15) is 10.1 Å². The zero-order valence-corrected chi connectivity index (χ0v) is 14.2. The first-order chi connectivity index (χ1) is 10.6. The average molecular weight is 383 g/mol. The minimum atomic E-state index is -0.423. The van der Waals surface area contributed by atoms with Gasteiger partial charge in [-0.3, -0.25) is 15.0 Å². The monoisotopic (exact) mass is 382 g/mol. The highest BCUT2D eigenvalue weighted by atomic mass is 79.9. The molecular formula is C14H15BrN4O2S. The number of halogens is 1. The van der Waals surface area contributed by atoms with Gasteiger partial charge in [0.2, 0.25) is 0 Å². The summed E-state index contributed by atoms with van der Waals surface area (Å²) in [7, 11) is 0. The van der Waals surface area contributed by atoms with Crippen LogP contribution < -0.4 is 4.90 Å². The van der Waals surface area contributed by atoms with Crippen LogP contribution in [0.5, 0.6) is 0 Å². The lowest BCUT2D eigenvalue weighted by molar-refractivity contribution is -0.385.